The fourth-order valence-corrected chi connectivity index (χ4v) is 2.03. The van der Waals surface area contributed by atoms with Gasteiger partial charge in [0, 0.05) is 17.8 Å². The van der Waals surface area contributed by atoms with Gasteiger partial charge in [-0.05, 0) is 31.0 Å². The van der Waals surface area contributed by atoms with Crippen LogP contribution in [-0.4, -0.2) is 18.0 Å². The third-order valence-electron chi connectivity index (χ3n) is 2.78. The van der Waals surface area contributed by atoms with Gasteiger partial charge in [0.2, 0.25) is 5.91 Å². The van der Waals surface area contributed by atoms with Crippen molar-refractivity contribution >= 4 is 23.2 Å². The molecule has 0 heterocycles. The number of primary amides is 1. The van der Waals surface area contributed by atoms with E-state index in [0.717, 1.165) is 18.5 Å². The van der Waals surface area contributed by atoms with E-state index in [1.165, 1.54) is 0 Å². The standard InChI is InChI=1S/C11H14ClN3O/c12-10-2-1-7(5-9(10)11(14)16)15-8-3-6(13)4-8/h1-2,5-6,8,15H,3-4,13H2,(H2,14,16). The van der Waals surface area contributed by atoms with Gasteiger partial charge in [-0.25, -0.2) is 0 Å². The van der Waals surface area contributed by atoms with Crippen molar-refractivity contribution in [3.63, 3.8) is 0 Å². The average Bonchev–Trinajstić information content (AvgIpc) is 2.18. The minimum atomic E-state index is -0.515. The van der Waals surface area contributed by atoms with Crippen LogP contribution in [0.1, 0.15) is 23.2 Å². The largest absolute Gasteiger partial charge is 0.382 e. The van der Waals surface area contributed by atoms with Crippen LogP contribution in [0.2, 0.25) is 5.02 Å². The number of carbonyl (C=O) groups is 1. The summed E-state index contributed by atoms with van der Waals surface area (Å²) in [5.74, 6) is -0.515. The highest BCUT2D eigenvalue weighted by Gasteiger charge is 2.25. The second-order valence-corrected chi connectivity index (χ2v) is 4.54. The van der Waals surface area contributed by atoms with Crippen molar-refractivity contribution in [3.8, 4) is 0 Å². The van der Waals surface area contributed by atoms with Gasteiger partial charge >= 0.3 is 0 Å². The molecule has 1 aliphatic rings. The summed E-state index contributed by atoms with van der Waals surface area (Å²) >= 11 is 5.85. The lowest BCUT2D eigenvalue weighted by molar-refractivity contribution is 0.100. The Bertz CT molecular complexity index is 416. The number of halogens is 1. The van der Waals surface area contributed by atoms with Crippen LogP contribution >= 0.6 is 11.6 Å². The molecule has 0 bridgehead atoms. The predicted octanol–water partition coefficient (Wildman–Crippen LogP) is 1.34. The molecule has 0 radical (unpaired) electrons. The molecular weight excluding hydrogens is 226 g/mol. The highest BCUT2D eigenvalue weighted by Crippen LogP contribution is 2.25. The van der Waals surface area contributed by atoms with Gasteiger partial charge in [0.15, 0.2) is 0 Å². The number of hydrogen-bond acceptors (Lipinski definition) is 3. The molecule has 0 aliphatic heterocycles. The first-order chi connectivity index (χ1) is 7.56. The summed E-state index contributed by atoms with van der Waals surface area (Å²) in [6.45, 7) is 0. The van der Waals surface area contributed by atoms with E-state index in [9.17, 15) is 4.79 Å². The van der Waals surface area contributed by atoms with Gasteiger partial charge in [-0.15, -0.1) is 0 Å². The molecular formula is C11H14ClN3O. The lowest BCUT2D eigenvalue weighted by Gasteiger charge is -2.33. The summed E-state index contributed by atoms with van der Waals surface area (Å²) in [7, 11) is 0. The van der Waals surface area contributed by atoms with Gasteiger partial charge in [0.1, 0.15) is 0 Å². The average molecular weight is 240 g/mol. The van der Waals surface area contributed by atoms with Gasteiger partial charge in [-0.2, -0.15) is 0 Å². The maximum absolute atomic E-state index is 11.1. The van der Waals surface area contributed by atoms with E-state index in [0.29, 0.717) is 22.7 Å². The lowest BCUT2D eigenvalue weighted by atomic mass is 9.87. The molecule has 0 saturated heterocycles. The van der Waals surface area contributed by atoms with Crippen LogP contribution in [0.5, 0.6) is 0 Å². The molecule has 4 nitrogen and oxygen atoms in total. The molecule has 0 unspecified atom stereocenters. The van der Waals surface area contributed by atoms with Crippen molar-refractivity contribution in [3.05, 3.63) is 28.8 Å². The lowest BCUT2D eigenvalue weighted by Crippen LogP contribution is -2.44. The smallest absolute Gasteiger partial charge is 0.250 e. The Morgan fingerprint density at radius 3 is 2.69 bits per heavy atom. The van der Waals surface area contributed by atoms with Gasteiger partial charge < -0.3 is 16.8 Å². The normalized spacial score (nSPS) is 23.6. The van der Waals surface area contributed by atoms with E-state index in [-0.39, 0.29) is 0 Å². The maximum atomic E-state index is 11.1. The molecule has 1 aliphatic carbocycles. The summed E-state index contributed by atoms with van der Waals surface area (Å²) < 4.78 is 0. The van der Waals surface area contributed by atoms with Gasteiger partial charge in [0.25, 0.3) is 0 Å². The van der Waals surface area contributed by atoms with E-state index in [2.05, 4.69) is 5.32 Å². The number of anilines is 1. The Morgan fingerprint density at radius 1 is 1.44 bits per heavy atom. The van der Waals surface area contributed by atoms with Gasteiger partial charge in [0.05, 0.1) is 10.6 Å². The molecule has 1 amide bonds. The molecule has 1 saturated carbocycles. The SMILES string of the molecule is NC(=O)c1cc(NC2CC(N)C2)ccc1Cl. The molecule has 1 aromatic carbocycles. The van der Waals surface area contributed by atoms with Crippen molar-refractivity contribution < 1.29 is 4.79 Å². The number of benzene rings is 1. The third-order valence-corrected chi connectivity index (χ3v) is 3.11. The molecule has 5 heteroatoms. The monoisotopic (exact) mass is 239 g/mol. The van der Waals surface area contributed by atoms with Crippen LogP contribution in [0, 0.1) is 0 Å². The Kier molecular flexibility index (Phi) is 3.03. The number of rotatable bonds is 3. The summed E-state index contributed by atoms with van der Waals surface area (Å²) in [5.41, 5.74) is 12.1. The van der Waals surface area contributed by atoms with Crippen molar-refractivity contribution in [2.45, 2.75) is 24.9 Å². The number of carbonyl (C=O) groups excluding carboxylic acids is 1. The minimum Gasteiger partial charge on any atom is -0.382 e. The van der Waals surface area contributed by atoms with Gasteiger partial charge in [-0.1, -0.05) is 11.6 Å². The van der Waals surface area contributed by atoms with Crippen molar-refractivity contribution in [1.29, 1.82) is 0 Å². The first-order valence-corrected chi connectivity index (χ1v) is 5.55. The molecule has 0 aromatic heterocycles. The fraction of sp³-hybridized carbons (Fsp3) is 0.364. The van der Waals surface area contributed by atoms with Crippen molar-refractivity contribution in [2.24, 2.45) is 11.5 Å². The molecule has 1 aromatic rings. The van der Waals surface area contributed by atoms with Crippen molar-refractivity contribution in [1.82, 2.24) is 0 Å². The zero-order valence-corrected chi connectivity index (χ0v) is 9.50. The van der Waals surface area contributed by atoms with Crippen molar-refractivity contribution in [2.75, 3.05) is 5.32 Å². The first-order valence-electron chi connectivity index (χ1n) is 5.17. The number of nitrogens with one attached hydrogen (secondary N) is 1. The Labute approximate surface area is 98.9 Å². The molecule has 0 atom stereocenters. The van der Waals surface area contributed by atoms with Crippen LogP contribution < -0.4 is 16.8 Å². The summed E-state index contributed by atoms with van der Waals surface area (Å²) in [5, 5.41) is 3.66. The number of nitrogens with two attached hydrogens (primary N) is 2. The predicted molar refractivity (Wildman–Crippen MR) is 64.6 cm³/mol. The quantitative estimate of drug-likeness (QED) is 0.745. The van der Waals surface area contributed by atoms with Crippen LogP contribution in [0.15, 0.2) is 18.2 Å². The molecule has 2 rings (SSSR count). The van der Waals surface area contributed by atoms with E-state index < -0.39 is 5.91 Å². The van der Waals surface area contributed by atoms with E-state index in [4.69, 9.17) is 23.1 Å². The molecule has 5 N–H and O–H groups in total. The zero-order valence-electron chi connectivity index (χ0n) is 8.74. The number of hydrogen-bond donors (Lipinski definition) is 3. The molecule has 1 fully saturated rings. The van der Waals surface area contributed by atoms with E-state index >= 15 is 0 Å². The third kappa shape index (κ3) is 2.28. The zero-order chi connectivity index (χ0) is 11.7. The fourth-order valence-electron chi connectivity index (χ4n) is 1.82. The first kappa shape index (κ1) is 11.2. The number of amides is 1. The minimum absolute atomic E-state index is 0.292. The maximum Gasteiger partial charge on any atom is 0.250 e. The molecule has 86 valence electrons. The highest BCUT2D eigenvalue weighted by molar-refractivity contribution is 6.33. The topological polar surface area (TPSA) is 81.1 Å². The summed E-state index contributed by atoms with van der Waals surface area (Å²) in [6.07, 6.45) is 1.91. The highest BCUT2D eigenvalue weighted by atomic mass is 35.5. The van der Waals surface area contributed by atoms with E-state index in [1.807, 2.05) is 6.07 Å². The molecule has 0 spiro atoms. The molecule has 16 heavy (non-hydrogen) atoms. The van der Waals surface area contributed by atoms with E-state index in [1.54, 1.807) is 12.1 Å². The summed E-state index contributed by atoms with van der Waals surface area (Å²) in [4.78, 5) is 11.1. The Balaban J connectivity index is 2.10. The Hall–Kier alpha value is -1.26. The second kappa shape index (κ2) is 4.31. The second-order valence-electron chi connectivity index (χ2n) is 4.13. The van der Waals surface area contributed by atoms with Crippen LogP contribution in [0.3, 0.4) is 0 Å². The van der Waals surface area contributed by atoms with Crippen LogP contribution in [0.4, 0.5) is 5.69 Å². The van der Waals surface area contributed by atoms with Crippen LogP contribution in [0.25, 0.3) is 0 Å². The van der Waals surface area contributed by atoms with Crippen LogP contribution in [-0.2, 0) is 0 Å². The Morgan fingerprint density at radius 2 is 2.12 bits per heavy atom. The van der Waals surface area contributed by atoms with Gasteiger partial charge in [-0.3, -0.25) is 4.79 Å². The summed E-state index contributed by atoms with van der Waals surface area (Å²) in [6, 6.07) is 5.85.